The van der Waals surface area contributed by atoms with Crippen LogP contribution in [-0.4, -0.2) is 11.1 Å². The first-order chi connectivity index (χ1) is 8.20. The largest absolute Gasteiger partial charge is 0.478 e. The molecule has 0 aliphatic heterocycles. The van der Waals surface area contributed by atoms with E-state index in [2.05, 4.69) is 0 Å². The highest BCUT2D eigenvalue weighted by Crippen LogP contribution is 2.22. The standard InChI is InChI=1S/C14H12O3/c1-2-7-17-13-6-5-10-8-12(14(15)16)4-3-11(10)9-13/h2-9H,1H3,(H,15,16). The van der Waals surface area contributed by atoms with E-state index in [1.165, 1.54) is 0 Å². The number of aromatic carboxylic acids is 1. The number of fused-ring (bicyclic) bond motifs is 1. The lowest BCUT2D eigenvalue weighted by atomic mass is 10.1. The molecule has 17 heavy (non-hydrogen) atoms. The van der Waals surface area contributed by atoms with Crippen molar-refractivity contribution in [3.63, 3.8) is 0 Å². The van der Waals surface area contributed by atoms with Crippen molar-refractivity contribution < 1.29 is 14.6 Å². The Morgan fingerprint density at radius 3 is 2.59 bits per heavy atom. The lowest BCUT2D eigenvalue weighted by Gasteiger charge is -2.03. The summed E-state index contributed by atoms with van der Waals surface area (Å²) in [6, 6.07) is 10.6. The molecule has 0 aromatic heterocycles. The third-order valence-electron chi connectivity index (χ3n) is 2.40. The van der Waals surface area contributed by atoms with Gasteiger partial charge in [-0.25, -0.2) is 4.79 Å². The second-order valence-corrected chi connectivity index (χ2v) is 3.62. The molecule has 2 rings (SSSR count). The SMILES string of the molecule is CC=COc1ccc2cc(C(=O)O)ccc2c1. The maximum Gasteiger partial charge on any atom is 0.335 e. The summed E-state index contributed by atoms with van der Waals surface area (Å²) in [5, 5.41) is 10.7. The third-order valence-corrected chi connectivity index (χ3v) is 2.40. The fourth-order valence-corrected chi connectivity index (χ4v) is 1.58. The molecule has 0 atom stereocenters. The van der Waals surface area contributed by atoms with Crippen LogP contribution in [0, 0.1) is 0 Å². The number of hydrogen-bond acceptors (Lipinski definition) is 2. The summed E-state index contributed by atoms with van der Waals surface area (Å²) in [5.41, 5.74) is 0.291. The number of rotatable bonds is 3. The Morgan fingerprint density at radius 2 is 1.88 bits per heavy atom. The first-order valence-electron chi connectivity index (χ1n) is 5.25. The number of carboxylic acid groups (broad SMARTS) is 1. The second kappa shape index (κ2) is 4.70. The van der Waals surface area contributed by atoms with Gasteiger partial charge in [0.25, 0.3) is 0 Å². The summed E-state index contributed by atoms with van der Waals surface area (Å²) in [6.07, 6.45) is 3.41. The molecule has 2 aromatic carbocycles. The van der Waals surface area contributed by atoms with Crippen molar-refractivity contribution in [2.45, 2.75) is 6.92 Å². The predicted molar refractivity (Wildman–Crippen MR) is 66.3 cm³/mol. The summed E-state index contributed by atoms with van der Waals surface area (Å²) in [7, 11) is 0. The Hall–Kier alpha value is -2.29. The average Bonchev–Trinajstić information content (AvgIpc) is 2.35. The molecule has 0 aliphatic rings. The predicted octanol–water partition coefficient (Wildman–Crippen LogP) is 3.45. The Labute approximate surface area is 99.0 Å². The van der Waals surface area contributed by atoms with Gasteiger partial charge in [-0.3, -0.25) is 0 Å². The summed E-state index contributed by atoms with van der Waals surface area (Å²) >= 11 is 0. The second-order valence-electron chi connectivity index (χ2n) is 3.62. The fourth-order valence-electron chi connectivity index (χ4n) is 1.58. The van der Waals surface area contributed by atoms with E-state index in [9.17, 15) is 4.79 Å². The van der Waals surface area contributed by atoms with Gasteiger partial charge in [0.1, 0.15) is 5.75 Å². The molecule has 0 heterocycles. The first-order valence-corrected chi connectivity index (χ1v) is 5.25. The quantitative estimate of drug-likeness (QED) is 0.818. The Kier molecular flexibility index (Phi) is 3.10. The molecule has 3 nitrogen and oxygen atoms in total. The Balaban J connectivity index is 2.43. The molecule has 0 spiro atoms. The van der Waals surface area contributed by atoms with E-state index < -0.39 is 5.97 Å². The molecule has 2 aromatic rings. The molecule has 0 aliphatic carbocycles. The summed E-state index contributed by atoms with van der Waals surface area (Å²) < 4.78 is 5.34. The lowest BCUT2D eigenvalue weighted by molar-refractivity contribution is 0.0697. The van der Waals surface area contributed by atoms with Crippen LogP contribution in [0.2, 0.25) is 0 Å². The van der Waals surface area contributed by atoms with Crippen LogP contribution >= 0.6 is 0 Å². The zero-order chi connectivity index (χ0) is 12.3. The van der Waals surface area contributed by atoms with Gasteiger partial charge < -0.3 is 9.84 Å². The van der Waals surface area contributed by atoms with Gasteiger partial charge in [0, 0.05) is 0 Å². The van der Waals surface area contributed by atoms with Crippen molar-refractivity contribution in [1.29, 1.82) is 0 Å². The van der Waals surface area contributed by atoms with Crippen LogP contribution in [0.25, 0.3) is 10.8 Å². The molecule has 3 heteroatoms. The van der Waals surface area contributed by atoms with Crippen molar-refractivity contribution in [2.75, 3.05) is 0 Å². The van der Waals surface area contributed by atoms with Crippen LogP contribution in [0.5, 0.6) is 5.75 Å². The average molecular weight is 228 g/mol. The fraction of sp³-hybridized carbons (Fsp3) is 0.0714. The lowest BCUT2D eigenvalue weighted by Crippen LogP contribution is -1.95. The van der Waals surface area contributed by atoms with Crippen LogP contribution < -0.4 is 4.74 Å². The van der Waals surface area contributed by atoms with Gasteiger partial charge in [0.05, 0.1) is 11.8 Å². The molecule has 1 N–H and O–H groups in total. The smallest absolute Gasteiger partial charge is 0.335 e. The zero-order valence-corrected chi connectivity index (χ0v) is 9.38. The molecule has 0 bridgehead atoms. The van der Waals surface area contributed by atoms with Crippen molar-refractivity contribution >= 4 is 16.7 Å². The monoisotopic (exact) mass is 228 g/mol. The zero-order valence-electron chi connectivity index (χ0n) is 9.38. The summed E-state index contributed by atoms with van der Waals surface area (Å²) in [5.74, 6) is -0.181. The molecule has 0 fully saturated rings. The van der Waals surface area contributed by atoms with E-state index in [4.69, 9.17) is 9.84 Å². The molecular weight excluding hydrogens is 216 g/mol. The van der Waals surface area contributed by atoms with Crippen LogP contribution in [0.1, 0.15) is 17.3 Å². The van der Waals surface area contributed by atoms with Gasteiger partial charge in [0.2, 0.25) is 0 Å². The van der Waals surface area contributed by atoms with Crippen molar-refractivity contribution in [1.82, 2.24) is 0 Å². The molecule has 0 radical (unpaired) electrons. The minimum Gasteiger partial charge on any atom is -0.478 e. The van der Waals surface area contributed by atoms with Crippen LogP contribution in [-0.2, 0) is 0 Å². The van der Waals surface area contributed by atoms with E-state index in [1.54, 1.807) is 30.5 Å². The summed E-state index contributed by atoms with van der Waals surface area (Å²) in [4.78, 5) is 10.8. The highest BCUT2D eigenvalue weighted by molar-refractivity contribution is 5.94. The van der Waals surface area contributed by atoms with Crippen molar-refractivity contribution in [3.8, 4) is 5.75 Å². The van der Waals surface area contributed by atoms with E-state index >= 15 is 0 Å². The number of ether oxygens (including phenoxy) is 1. The highest BCUT2D eigenvalue weighted by atomic mass is 16.5. The minimum absolute atomic E-state index is 0.291. The van der Waals surface area contributed by atoms with E-state index in [0.717, 1.165) is 16.5 Å². The number of carboxylic acids is 1. The summed E-state index contributed by atoms with van der Waals surface area (Å²) in [6.45, 7) is 1.88. The normalized spacial score (nSPS) is 10.9. The van der Waals surface area contributed by atoms with Crippen LogP contribution in [0.3, 0.4) is 0 Å². The Bertz CT molecular complexity index is 585. The molecule has 0 saturated heterocycles. The van der Waals surface area contributed by atoms with E-state index in [1.807, 2.05) is 25.1 Å². The maximum atomic E-state index is 10.8. The third kappa shape index (κ3) is 2.45. The van der Waals surface area contributed by atoms with Crippen LogP contribution in [0.4, 0.5) is 0 Å². The minimum atomic E-state index is -0.916. The maximum absolute atomic E-state index is 10.8. The van der Waals surface area contributed by atoms with Gasteiger partial charge >= 0.3 is 5.97 Å². The molecule has 86 valence electrons. The van der Waals surface area contributed by atoms with Crippen molar-refractivity contribution in [2.24, 2.45) is 0 Å². The number of carbonyl (C=O) groups is 1. The Morgan fingerprint density at radius 1 is 1.18 bits per heavy atom. The van der Waals surface area contributed by atoms with E-state index in [0.29, 0.717) is 5.56 Å². The topological polar surface area (TPSA) is 46.5 Å². The molecule has 0 saturated carbocycles. The molecule has 0 unspecified atom stereocenters. The van der Waals surface area contributed by atoms with Gasteiger partial charge in [0.15, 0.2) is 0 Å². The molecular formula is C14H12O3. The van der Waals surface area contributed by atoms with Gasteiger partial charge in [-0.05, 0) is 42.0 Å². The number of hydrogen-bond donors (Lipinski definition) is 1. The highest BCUT2D eigenvalue weighted by Gasteiger charge is 2.03. The number of allylic oxidation sites excluding steroid dienone is 1. The van der Waals surface area contributed by atoms with Gasteiger partial charge in [-0.15, -0.1) is 0 Å². The van der Waals surface area contributed by atoms with Crippen molar-refractivity contribution in [3.05, 3.63) is 54.3 Å². The van der Waals surface area contributed by atoms with Gasteiger partial charge in [-0.2, -0.15) is 0 Å². The van der Waals surface area contributed by atoms with Gasteiger partial charge in [-0.1, -0.05) is 18.2 Å². The van der Waals surface area contributed by atoms with Crippen LogP contribution in [0.15, 0.2) is 48.7 Å². The number of benzene rings is 2. The first kappa shape index (κ1) is 11.2. The molecule has 0 amide bonds. The van der Waals surface area contributed by atoms with E-state index in [-0.39, 0.29) is 0 Å².